The molecule has 1 aliphatic rings. The van der Waals surface area contributed by atoms with E-state index in [0.29, 0.717) is 22.8 Å². The van der Waals surface area contributed by atoms with Crippen LogP contribution in [0.2, 0.25) is 5.02 Å². The number of carbonyl (C=O) groups excluding carboxylic acids is 1. The molecular formula is C16H16ClN3O. The summed E-state index contributed by atoms with van der Waals surface area (Å²) in [6.07, 6.45) is 0. The number of nitrogen functional groups attached to an aromatic ring is 1. The van der Waals surface area contributed by atoms with Crippen LogP contribution >= 0.6 is 11.6 Å². The first-order valence-electron chi connectivity index (χ1n) is 6.75. The van der Waals surface area contributed by atoms with Crippen LogP contribution < -0.4 is 15.5 Å². The van der Waals surface area contributed by atoms with E-state index in [9.17, 15) is 4.79 Å². The van der Waals surface area contributed by atoms with Crippen LogP contribution in [-0.2, 0) is 0 Å². The number of nitrogens with two attached hydrogens (primary N) is 1. The van der Waals surface area contributed by atoms with E-state index in [1.165, 1.54) is 0 Å². The molecule has 108 valence electrons. The predicted molar refractivity (Wildman–Crippen MR) is 87.3 cm³/mol. The van der Waals surface area contributed by atoms with Crippen LogP contribution in [0.5, 0.6) is 0 Å². The van der Waals surface area contributed by atoms with Crippen molar-refractivity contribution in [1.82, 2.24) is 0 Å². The molecule has 0 saturated carbocycles. The Bertz CT molecular complexity index is 702. The van der Waals surface area contributed by atoms with Gasteiger partial charge < -0.3 is 15.5 Å². The molecule has 1 aliphatic heterocycles. The smallest absolute Gasteiger partial charge is 0.259 e. The minimum atomic E-state index is -0.118. The highest BCUT2D eigenvalue weighted by Gasteiger charge is 2.27. The molecule has 0 spiro atoms. The van der Waals surface area contributed by atoms with Gasteiger partial charge in [0, 0.05) is 20.1 Å². The number of halogens is 1. The number of rotatable bonds is 1. The number of benzene rings is 2. The van der Waals surface area contributed by atoms with E-state index >= 15 is 0 Å². The average Bonchev–Trinajstić information content (AvgIpc) is 2.50. The minimum Gasteiger partial charge on any atom is -0.398 e. The third-order valence-electron chi connectivity index (χ3n) is 3.75. The molecule has 0 bridgehead atoms. The monoisotopic (exact) mass is 301 g/mol. The summed E-state index contributed by atoms with van der Waals surface area (Å²) in [4.78, 5) is 16.7. The second-order valence-electron chi connectivity index (χ2n) is 5.08. The van der Waals surface area contributed by atoms with Gasteiger partial charge >= 0.3 is 0 Å². The van der Waals surface area contributed by atoms with Crippen molar-refractivity contribution in [3.05, 3.63) is 53.1 Å². The van der Waals surface area contributed by atoms with Crippen molar-refractivity contribution >= 4 is 34.6 Å². The highest BCUT2D eigenvalue weighted by Crippen LogP contribution is 2.34. The maximum atomic E-state index is 12.8. The van der Waals surface area contributed by atoms with Gasteiger partial charge in [-0.25, -0.2) is 0 Å². The topological polar surface area (TPSA) is 49.6 Å². The molecular weight excluding hydrogens is 286 g/mol. The molecule has 0 unspecified atom stereocenters. The van der Waals surface area contributed by atoms with E-state index in [-0.39, 0.29) is 5.91 Å². The molecule has 3 rings (SSSR count). The average molecular weight is 302 g/mol. The number of para-hydroxylation sites is 2. The summed E-state index contributed by atoms with van der Waals surface area (Å²) < 4.78 is 0. The Hall–Kier alpha value is -2.20. The van der Waals surface area contributed by atoms with E-state index < -0.39 is 0 Å². The summed E-state index contributed by atoms with van der Waals surface area (Å²) in [5, 5.41) is 0.318. The molecule has 1 heterocycles. The molecule has 0 radical (unpaired) electrons. The lowest BCUT2D eigenvalue weighted by molar-refractivity contribution is 0.0987. The number of likely N-dealkylation sites (N-methyl/N-ethyl adjacent to an activating group) is 1. The summed E-state index contributed by atoms with van der Waals surface area (Å²) in [5.74, 6) is -0.118. The first kappa shape index (κ1) is 13.8. The fourth-order valence-electron chi connectivity index (χ4n) is 2.58. The van der Waals surface area contributed by atoms with Crippen molar-refractivity contribution in [1.29, 1.82) is 0 Å². The fourth-order valence-corrected chi connectivity index (χ4v) is 2.78. The van der Waals surface area contributed by atoms with E-state index in [1.54, 1.807) is 23.1 Å². The summed E-state index contributed by atoms with van der Waals surface area (Å²) in [5.41, 5.74) is 8.59. The van der Waals surface area contributed by atoms with E-state index in [4.69, 9.17) is 17.3 Å². The van der Waals surface area contributed by atoms with Crippen LogP contribution in [0, 0.1) is 0 Å². The standard InChI is InChI=1S/C16H16ClN3O/c1-19-9-10-20(14-8-3-2-7-13(14)19)16(21)11-5-4-6-12(18)15(11)17/h2-8H,9-10,18H2,1H3. The molecule has 0 saturated heterocycles. The maximum Gasteiger partial charge on any atom is 0.259 e. The Balaban J connectivity index is 2.03. The van der Waals surface area contributed by atoms with Crippen LogP contribution in [-0.4, -0.2) is 26.0 Å². The number of anilines is 3. The Labute approximate surface area is 128 Å². The highest BCUT2D eigenvalue weighted by atomic mass is 35.5. The molecule has 0 atom stereocenters. The molecule has 2 aromatic carbocycles. The molecule has 21 heavy (non-hydrogen) atoms. The summed E-state index contributed by atoms with van der Waals surface area (Å²) in [7, 11) is 2.02. The maximum absolute atomic E-state index is 12.8. The van der Waals surface area contributed by atoms with Crippen LogP contribution in [0.3, 0.4) is 0 Å². The summed E-state index contributed by atoms with van der Waals surface area (Å²) in [6.45, 7) is 1.40. The van der Waals surface area contributed by atoms with Gasteiger partial charge in [0.05, 0.1) is 27.6 Å². The number of hydrogen-bond donors (Lipinski definition) is 1. The summed E-state index contributed by atoms with van der Waals surface area (Å²) in [6, 6.07) is 13.0. The van der Waals surface area contributed by atoms with Gasteiger partial charge in [-0.2, -0.15) is 0 Å². The lowest BCUT2D eigenvalue weighted by Crippen LogP contribution is -2.42. The van der Waals surface area contributed by atoms with Gasteiger partial charge in [0.2, 0.25) is 0 Å². The van der Waals surface area contributed by atoms with Crippen molar-refractivity contribution in [2.24, 2.45) is 0 Å². The SMILES string of the molecule is CN1CCN(C(=O)c2cccc(N)c2Cl)c2ccccc21. The van der Waals surface area contributed by atoms with Gasteiger partial charge in [0.25, 0.3) is 5.91 Å². The van der Waals surface area contributed by atoms with Crippen LogP contribution in [0.25, 0.3) is 0 Å². The second kappa shape index (κ2) is 5.30. The van der Waals surface area contributed by atoms with Crippen molar-refractivity contribution < 1.29 is 4.79 Å². The Morgan fingerprint density at radius 1 is 1.10 bits per heavy atom. The molecule has 0 fully saturated rings. The molecule has 5 heteroatoms. The summed E-state index contributed by atoms with van der Waals surface area (Å²) >= 11 is 6.18. The van der Waals surface area contributed by atoms with Gasteiger partial charge in [-0.3, -0.25) is 4.79 Å². The molecule has 1 amide bonds. The van der Waals surface area contributed by atoms with Gasteiger partial charge in [-0.15, -0.1) is 0 Å². The number of carbonyl (C=O) groups is 1. The van der Waals surface area contributed by atoms with Crippen molar-refractivity contribution in [3.8, 4) is 0 Å². The Kier molecular flexibility index (Phi) is 3.47. The molecule has 0 aliphatic carbocycles. The van der Waals surface area contributed by atoms with Crippen molar-refractivity contribution in [2.75, 3.05) is 35.7 Å². The van der Waals surface area contributed by atoms with Gasteiger partial charge in [-0.05, 0) is 24.3 Å². The number of fused-ring (bicyclic) bond motifs is 1. The van der Waals surface area contributed by atoms with Crippen molar-refractivity contribution in [2.45, 2.75) is 0 Å². The molecule has 2 N–H and O–H groups in total. The van der Waals surface area contributed by atoms with Crippen molar-refractivity contribution in [3.63, 3.8) is 0 Å². The second-order valence-corrected chi connectivity index (χ2v) is 5.45. The Morgan fingerprint density at radius 2 is 1.81 bits per heavy atom. The largest absolute Gasteiger partial charge is 0.398 e. The lowest BCUT2D eigenvalue weighted by Gasteiger charge is -2.35. The highest BCUT2D eigenvalue weighted by molar-refractivity contribution is 6.37. The minimum absolute atomic E-state index is 0.118. The number of nitrogens with zero attached hydrogens (tertiary/aromatic N) is 2. The van der Waals surface area contributed by atoms with E-state index in [0.717, 1.165) is 17.9 Å². The molecule has 4 nitrogen and oxygen atoms in total. The normalized spacial score (nSPS) is 14.0. The fraction of sp³-hybridized carbons (Fsp3) is 0.188. The number of hydrogen-bond acceptors (Lipinski definition) is 3. The van der Waals surface area contributed by atoms with Gasteiger partial charge in [0.1, 0.15) is 0 Å². The zero-order valence-corrected chi connectivity index (χ0v) is 12.5. The van der Waals surface area contributed by atoms with Gasteiger partial charge in [0.15, 0.2) is 0 Å². The van der Waals surface area contributed by atoms with E-state index in [2.05, 4.69) is 4.90 Å². The zero-order valence-electron chi connectivity index (χ0n) is 11.7. The first-order valence-corrected chi connectivity index (χ1v) is 7.13. The quantitative estimate of drug-likeness (QED) is 0.824. The third kappa shape index (κ3) is 2.32. The predicted octanol–water partition coefficient (Wildman–Crippen LogP) is 3.02. The zero-order chi connectivity index (χ0) is 15.0. The van der Waals surface area contributed by atoms with Crippen LogP contribution in [0.1, 0.15) is 10.4 Å². The number of amides is 1. The first-order chi connectivity index (χ1) is 10.1. The molecule has 2 aromatic rings. The van der Waals surface area contributed by atoms with E-state index in [1.807, 2.05) is 31.3 Å². The van der Waals surface area contributed by atoms with Gasteiger partial charge in [-0.1, -0.05) is 29.8 Å². The Morgan fingerprint density at radius 3 is 2.57 bits per heavy atom. The van der Waals surface area contributed by atoms with Crippen LogP contribution in [0.4, 0.5) is 17.1 Å². The lowest BCUT2D eigenvalue weighted by atomic mass is 10.1. The third-order valence-corrected chi connectivity index (χ3v) is 4.17. The molecule has 0 aromatic heterocycles. The van der Waals surface area contributed by atoms with Crippen LogP contribution in [0.15, 0.2) is 42.5 Å².